The Morgan fingerprint density at radius 3 is 2.41 bits per heavy atom. The molecule has 0 aromatic heterocycles. The smallest absolute Gasteiger partial charge is 0.338 e. The summed E-state index contributed by atoms with van der Waals surface area (Å²) in [4.78, 5) is 11.8. The van der Waals surface area contributed by atoms with E-state index in [0.717, 1.165) is 24.0 Å². The molecule has 0 bridgehead atoms. The summed E-state index contributed by atoms with van der Waals surface area (Å²) in [5, 5.41) is 0. The summed E-state index contributed by atoms with van der Waals surface area (Å²) >= 11 is 0. The van der Waals surface area contributed by atoms with Crippen LogP contribution in [0.1, 0.15) is 86.0 Å². The fourth-order valence-corrected chi connectivity index (χ4v) is 3.73. The summed E-state index contributed by atoms with van der Waals surface area (Å²) in [5.41, 5.74) is 6.88. The highest BCUT2D eigenvalue weighted by Gasteiger charge is 2.27. The van der Waals surface area contributed by atoms with Gasteiger partial charge in [0.1, 0.15) is 0 Å². The number of unbranched alkanes of at least 4 members (excludes halogenated alkanes) is 1. The van der Waals surface area contributed by atoms with Crippen LogP contribution in [0.2, 0.25) is 0 Å². The third-order valence-electron chi connectivity index (χ3n) is 5.50. The van der Waals surface area contributed by atoms with E-state index < -0.39 is 0 Å². The summed E-state index contributed by atoms with van der Waals surface area (Å²) in [6.07, 6.45) is 7.07. The Kier molecular flexibility index (Phi) is 6.60. The Balaban J connectivity index is 1.85. The first-order chi connectivity index (χ1) is 13.9. The lowest BCUT2D eigenvalue weighted by Crippen LogP contribution is -2.21. The Morgan fingerprint density at radius 1 is 1.03 bits per heavy atom. The Labute approximate surface area is 175 Å². The van der Waals surface area contributed by atoms with Crippen molar-refractivity contribution in [2.24, 2.45) is 0 Å². The van der Waals surface area contributed by atoms with E-state index in [0.29, 0.717) is 12.2 Å². The third-order valence-corrected chi connectivity index (χ3v) is 5.50. The lowest BCUT2D eigenvalue weighted by Gasteiger charge is -2.32. The molecule has 0 spiro atoms. The van der Waals surface area contributed by atoms with Crippen LogP contribution in [0.4, 0.5) is 0 Å². The van der Waals surface area contributed by atoms with E-state index in [4.69, 9.17) is 4.74 Å². The molecule has 2 aromatic carbocycles. The quantitative estimate of drug-likeness (QED) is 0.432. The summed E-state index contributed by atoms with van der Waals surface area (Å²) in [7, 11) is 0. The van der Waals surface area contributed by atoms with Crippen LogP contribution in [0.3, 0.4) is 0 Å². The Bertz CT molecular complexity index is 966. The summed E-state index contributed by atoms with van der Waals surface area (Å²) in [6.45, 7) is 9.05. The minimum absolute atomic E-state index is 0.167. The maximum Gasteiger partial charge on any atom is 0.338 e. The van der Waals surface area contributed by atoms with Crippen molar-refractivity contribution in [1.29, 1.82) is 0 Å². The largest absolute Gasteiger partial charge is 0.462 e. The monoisotopic (exact) mass is 386 g/mol. The van der Waals surface area contributed by atoms with Crippen molar-refractivity contribution in [2.75, 3.05) is 6.61 Å². The van der Waals surface area contributed by atoms with Crippen LogP contribution in [-0.2, 0) is 10.2 Å². The van der Waals surface area contributed by atoms with E-state index >= 15 is 0 Å². The number of allylic oxidation sites excluding steroid dienone is 2. The minimum atomic E-state index is -0.296. The van der Waals surface area contributed by atoms with Crippen LogP contribution in [-0.4, -0.2) is 12.6 Å². The summed E-state index contributed by atoms with van der Waals surface area (Å²) in [6, 6.07) is 13.9. The number of esters is 1. The van der Waals surface area contributed by atoms with E-state index in [9.17, 15) is 4.79 Å². The van der Waals surface area contributed by atoms with Crippen molar-refractivity contribution in [3.63, 3.8) is 0 Å². The van der Waals surface area contributed by atoms with Crippen molar-refractivity contribution >= 4 is 11.5 Å². The Hall–Kier alpha value is -2.79. The summed E-state index contributed by atoms with van der Waals surface area (Å²) < 4.78 is 5.02. The molecule has 1 aliphatic rings. The van der Waals surface area contributed by atoms with E-state index in [2.05, 4.69) is 56.9 Å². The molecule has 150 valence electrons. The number of hydrogen-bond donors (Lipinski definition) is 0. The van der Waals surface area contributed by atoms with Crippen molar-refractivity contribution < 1.29 is 9.53 Å². The highest BCUT2D eigenvalue weighted by Crippen LogP contribution is 2.40. The second-order valence-corrected chi connectivity index (χ2v) is 8.23. The van der Waals surface area contributed by atoms with Crippen molar-refractivity contribution in [1.82, 2.24) is 0 Å². The van der Waals surface area contributed by atoms with Crippen LogP contribution in [0.15, 0.2) is 48.5 Å². The van der Waals surface area contributed by atoms with Crippen LogP contribution >= 0.6 is 0 Å². The number of hydrogen-bond acceptors (Lipinski definition) is 2. The molecule has 2 nitrogen and oxygen atoms in total. The van der Waals surface area contributed by atoms with Gasteiger partial charge in [-0.2, -0.15) is 0 Å². The topological polar surface area (TPSA) is 26.3 Å². The highest BCUT2D eigenvalue weighted by atomic mass is 16.5. The number of rotatable bonds is 5. The normalized spacial score (nSPS) is 14.3. The molecule has 0 N–H and O–H groups in total. The molecule has 2 heteroatoms. The third kappa shape index (κ3) is 4.98. The molecule has 3 rings (SSSR count). The molecular formula is C27H30O2. The van der Waals surface area contributed by atoms with Crippen molar-refractivity contribution in [3.8, 4) is 11.8 Å². The first-order valence-corrected chi connectivity index (χ1v) is 10.6. The van der Waals surface area contributed by atoms with Gasteiger partial charge in [0.2, 0.25) is 0 Å². The first-order valence-electron chi connectivity index (χ1n) is 10.6. The van der Waals surface area contributed by atoms with Gasteiger partial charge < -0.3 is 4.74 Å². The number of carbonyl (C=O) groups excluding carboxylic acids is 1. The number of fused-ring (bicyclic) bond motifs is 1. The molecule has 0 amide bonds. The van der Waals surface area contributed by atoms with Gasteiger partial charge in [-0.05, 0) is 84.7 Å². The fraction of sp³-hybridized carbons (Fsp3) is 0.370. The molecule has 0 saturated heterocycles. The van der Waals surface area contributed by atoms with Gasteiger partial charge in [0.15, 0.2) is 0 Å². The average molecular weight is 387 g/mol. The maximum absolute atomic E-state index is 11.8. The second kappa shape index (κ2) is 9.14. The molecule has 1 aliphatic carbocycles. The number of benzene rings is 2. The van der Waals surface area contributed by atoms with Crippen LogP contribution in [0.5, 0.6) is 0 Å². The lowest BCUT2D eigenvalue weighted by atomic mass is 9.72. The molecule has 0 heterocycles. The van der Waals surface area contributed by atoms with Gasteiger partial charge >= 0.3 is 5.97 Å². The van der Waals surface area contributed by atoms with Crippen molar-refractivity contribution in [3.05, 3.63) is 76.4 Å². The van der Waals surface area contributed by atoms with Crippen LogP contribution in [0.25, 0.3) is 5.57 Å². The van der Waals surface area contributed by atoms with Crippen LogP contribution < -0.4 is 0 Å². The Morgan fingerprint density at radius 2 is 1.72 bits per heavy atom. The SMILES string of the molecule is CCCCC1=CCC(C)(C)c2ccc(C#Cc3ccc(C(=O)OCC)cc3)cc21. The molecule has 0 radical (unpaired) electrons. The number of carbonyl (C=O) groups is 1. The molecule has 0 aliphatic heterocycles. The highest BCUT2D eigenvalue weighted by molar-refractivity contribution is 5.89. The van der Waals surface area contributed by atoms with Crippen LogP contribution in [0, 0.1) is 11.8 Å². The zero-order valence-corrected chi connectivity index (χ0v) is 18.0. The van der Waals surface area contributed by atoms with Gasteiger partial charge in [0.25, 0.3) is 0 Å². The second-order valence-electron chi connectivity index (χ2n) is 8.23. The number of ether oxygens (including phenoxy) is 1. The standard InChI is InChI=1S/C27H30O2/c1-5-7-8-22-17-18-27(3,4)25-16-13-21(19-24(22)25)10-9-20-11-14-23(15-12-20)26(28)29-6-2/h11-17,19H,5-8,18H2,1-4H3. The van der Waals surface area contributed by atoms with Gasteiger partial charge in [0.05, 0.1) is 12.2 Å². The zero-order chi connectivity index (χ0) is 20.9. The molecule has 0 unspecified atom stereocenters. The fourth-order valence-electron chi connectivity index (χ4n) is 3.73. The molecule has 0 saturated carbocycles. The van der Waals surface area contributed by atoms with E-state index in [-0.39, 0.29) is 11.4 Å². The summed E-state index contributed by atoms with van der Waals surface area (Å²) in [5.74, 6) is 6.22. The van der Waals surface area contributed by atoms with Gasteiger partial charge in [-0.1, -0.05) is 51.2 Å². The minimum Gasteiger partial charge on any atom is -0.462 e. The van der Waals surface area contributed by atoms with Gasteiger partial charge in [-0.3, -0.25) is 0 Å². The lowest BCUT2D eigenvalue weighted by molar-refractivity contribution is 0.0526. The molecule has 0 fully saturated rings. The predicted octanol–water partition coefficient (Wildman–Crippen LogP) is 6.52. The predicted molar refractivity (Wildman–Crippen MR) is 120 cm³/mol. The molecular weight excluding hydrogens is 356 g/mol. The molecule has 2 aromatic rings. The van der Waals surface area contributed by atoms with E-state index in [1.54, 1.807) is 19.1 Å². The molecule has 0 atom stereocenters. The first kappa shape index (κ1) is 20.9. The zero-order valence-electron chi connectivity index (χ0n) is 18.0. The average Bonchev–Trinajstić information content (AvgIpc) is 2.72. The van der Waals surface area contributed by atoms with Gasteiger partial charge in [0, 0.05) is 11.1 Å². The van der Waals surface area contributed by atoms with Gasteiger partial charge in [-0.25, -0.2) is 4.79 Å². The molecule has 29 heavy (non-hydrogen) atoms. The maximum atomic E-state index is 11.8. The van der Waals surface area contributed by atoms with Crippen molar-refractivity contribution in [2.45, 2.75) is 58.8 Å². The van der Waals surface area contributed by atoms with E-state index in [1.807, 2.05) is 12.1 Å². The van der Waals surface area contributed by atoms with Gasteiger partial charge in [-0.15, -0.1) is 0 Å². The van der Waals surface area contributed by atoms with E-state index in [1.165, 1.54) is 29.5 Å².